The molecule has 1 heterocycles. The molecule has 0 saturated carbocycles. The third-order valence-electron chi connectivity index (χ3n) is 2.34. The minimum absolute atomic E-state index is 0.0217. The van der Waals surface area contributed by atoms with Gasteiger partial charge in [-0.25, -0.2) is 9.59 Å². The second-order valence-electron chi connectivity index (χ2n) is 4.37. The fourth-order valence-corrected chi connectivity index (χ4v) is 1.57. The largest absolute Gasteiger partial charge is 0.480 e. The zero-order valence-corrected chi connectivity index (χ0v) is 9.42. The molecule has 1 aliphatic rings. The van der Waals surface area contributed by atoms with Gasteiger partial charge >= 0.3 is 12.1 Å². The summed E-state index contributed by atoms with van der Waals surface area (Å²) in [6, 6.07) is -0.977. The number of amides is 1. The van der Waals surface area contributed by atoms with Gasteiger partial charge in [0.05, 0.1) is 19.3 Å². The van der Waals surface area contributed by atoms with Crippen molar-refractivity contribution in [1.82, 2.24) is 4.90 Å². The Labute approximate surface area is 93.8 Å². The molecule has 1 saturated heterocycles. The first-order valence-corrected chi connectivity index (χ1v) is 5.26. The number of ether oxygens (including phenoxy) is 1. The monoisotopic (exact) mass is 231 g/mol. The van der Waals surface area contributed by atoms with Crippen LogP contribution >= 0.6 is 0 Å². The van der Waals surface area contributed by atoms with E-state index in [0.717, 1.165) is 4.90 Å². The Bertz CT molecular complexity index is 278. The van der Waals surface area contributed by atoms with Crippen LogP contribution < -0.4 is 0 Å². The zero-order valence-electron chi connectivity index (χ0n) is 9.42. The molecule has 6 nitrogen and oxygen atoms in total. The number of carbonyl (C=O) groups is 2. The number of hydrogen-bond donors (Lipinski definition) is 2. The highest BCUT2D eigenvalue weighted by Crippen LogP contribution is 2.19. The van der Waals surface area contributed by atoms with E-state index in [1.807, 2.05) is 13.8 Å². The number of carbonyl (C=O) groups excluding carboxylic acids is 1. The van der Waals surface area contributed by atoms with E-state index in [2.05, 4.69) is 0 Å². The number of carboxylic acids is 1. The first kappa shape index (κ1) is 12.8. The van der Waals surface area contributed by atoms with Gasteiger partial charge in [0.15, 0.2) is 0 Å². The van der Waals surface area contributed by atoms with Crippen LogP contribution in [-0.2, 0) is 9.53 Å². The van der Waals surface area contributed by atoms with E-state index in [1.165, 1.54) is 0 Å². The van der Waals surface area contributed by atoms with Crippen molar-refractivity contribution >= 4 is 12.1 Å². The number of aliphatic carboxylic acids is 1. The highest BCUT2D eigenvalue weighted by molar-refractivity contribution is 5.80. The van der Waals surface area contributed by atoms with E-state index in [4.69, 9.17) is 9.84 Å². The number of carboxylic acid groups (broad SMARTS) is 1. The van der Waals surface area contributed by atoms with Gasteiger partial charge in [-0.2, -0.15) is 0 Å². The van der Waals surface area contributed by atoms with Gasteiger partial charge in [-0.15, -0.1) is 0 Å². The maximum Gasteiger partial charge on any atom is 0.410 e. The van der Waals surface area contributed by atoms with Crippen molar-refractivity contribution in [3.63, 3.8) is 0 Å². The van der Waals surface area contributed by atoms with Crippen molar-refractivity contribution in [1.29, 1.82) is 0 Å². The molecule has 0 bridgehead atoms. The SMILES string of the molecule is CC(C)COC(=O)N1C[C@@H](O)C[C@H]1C(=O)O. The Morgan fingerprint density at radius 2 is 2.12 bits per heavy atom. The molecule has 0 aromatic carbocycles. The van der Waals surface area contributed by atoms with Gasteiger partial charge in [-0.3, -0.25) is 4.90 Å². The molecule has 92 valence electrons. The van der Waals surface area contributed by atoms with Gasteiger partial charge in [0.1, 0.15) is 6.04 Å². The highest BCUT2D eigenvalue weighted by atomic mass is 16.6. The molecular weight excluding hydrogens is 214 g/mol. The Morgan fingerprint density at radius 3 is 2.62 bits per heavy atom. The van der Waals surface area contributed by atoms with Crippen LogP contribution in [0.25, 0.3) is 0 Å². The summed E-state index contributed by atoms with van der Waals surface area (Å²) < 4.78 is 4.93. The quantitative estimate of drug-likeness (QED) is 0.729. The van der Waals surface area contributed by atoms with Gasteiger partial charge in [0, 0.05) is 6.42 Å². The van der Waals surface area contributed by atoms with Crippen LogP contribution in [0.3, 0.4) is 0 Å². The lowest BCUT2D eigenvalue weighted by molar-refractivity contribution is -0.141. The minimum Gasteiger partial charge on any atom is -0.480 e. The molecule has 2 N–H and O–H groups in total. The number of hydrogen-bond acceptors (Lipinski definition) is 4. The van der Waals surface area contributed by atoms with Crippen molar-refractivity contribution in [2.24, 2.45) is 5.92 Å². The predicted octanol–water partition coefficient (Wildman–Crippen LogP) is 0.299. The third-order valence-corrected chi connectivity index (χ3v) is 2.34. The number of likely N-dealkylation sites (tertiary alicyclic amines) is 1. The van der Waals surface area contributed by atoms with Gasteiger partial charge < -0.3 is 14.9 Å². The number of β-amino-alcohol motifs (C(OH)–C–C–N with tert-alkyl or cyclic N) is 1. The molecule has 0 aliphatic carbocycles. The second kappa shape index (κ2) is 5.16. The molecule has 0 radical (unpaired) electrons. The van der Waals surface area contributed by atoms with Crippen LogP contribution in [0.15, 0.2) is 0 Å². The van der Waals surface area contributed by atoms with Gasteiger partial charge in [0.25, 0.3) is 0 Å². The second-order valence-corrected chi connectivity index (χ2v) is 4.37. The Hall–Kier alpha value is -1.30. The van der Waals surface area contributed by atoms with Crippen molar-refractivity contribution in [3.05, 3.63) is 0 Å². The topological polar surface area (TPSA) is 87.1 Å². The van der Waals surface area contributed by atoms with E-state index in [1.54, 1.807) is 0 Å². The summed E-state index contributed by atoms with van der Waals surface area (Å²) >= 11 is 0. The molecule has 16 heavy (non-hydrogen) atoms. The molecular formula is C10H17NO5. The van der Waals surface area contributed by atoms with Crippen LogP contribution in [0.1, 0.15) is 20.3 Å². The predicted molar refractivity (Wildman–Crippen MR) is 54.9 cm³/mol. The lowest BCUT2D eigenvalue weighted by atomic mass is 10.2. The van der Waals surface area contributed by atoms with Gasteiger partial charge in [-0.05, 0) is 5.92 Å². The fraction of sp³-hybridized carbons (Fsp3) is 0.800. The standard InChI is InChI=1S/C10H17NO5/c1-6(2)5-16-10(15)11-4-7(12)3-8(11)9(13)14/h6-8,12H,3-5H2,1-2H3,(H,13,14)/t7-,8-/m0/s1. The molecule has 0 aromatic rings. The highest BCUT2D eigenvalue weighted by Gasteiger charge is 2.39. The molecule has 2 atom stereocenters. The summed E-state index contributed by atoms with van der Waals surface area (Å²) in [5, 5.41) is 18.2. The summed E-state index contributed by atoms with van der Waals surface area (Å²) in [5.41, 5.74) is 0. The molecule has 1 aliphatic heterocycles. The van der Waals surface area contributed by atoms with Gasteiger partial charge in [-0.1, -0.05) is 13.8 Å². The van der Waals surface area contributed by atoms with Crippen molar-refractivity contribution in [2.75, 3.05) is 13.2 Å². The first-order valence-electron chi connectivity index (χ1n) is 5.26. The Balaban J connectivity index is 2.56. The van der Waals surface area contributed by atoms with Crippen LogP contribution in [0, 0.1) is 5.92 Å². The lowest BCUT2D eigenvalue weighted by Crippen LogP contribution is -2.41. The van der Waals surface area contributed by atoms with Crippen LogP contribution in [0.2, 0.25) is 0 Å². The van der Waals surface area contributed by atoms with E-state index in [9.17, 15) is 14.7 Å². The number of aliphatic hydroxyl groups is 1. The summed E-state index contributed by atoms with van der Waals surface area (Å²) in [7, 11) is 0. The summed E-state index contributed by atoms with van der Waals surface area (Å²) in [5.74, 6) is -0.919. The van der Waals surface area contributed by atoms with Crippen LogP contribution in [0.5, 0.6) is 0 Å². The summed E-state index contributed by atoms with van der Waals surface area (Å²) in [4.78, 5) is 23.4. The Morgan fingerprint density at radius 1 is 1.50 bits per heavy atom. The average Bonchev–Trinajstić information content (AvgIpc) is 2.56. The molecule has 1 amide bonds. The smallest absolute Gasteiger partial charge is 0.410 e. The van der Waals surface area contributed by atoms with Crippen molar-refractivity contribution in [3.8, 4) is 0 Å². The summed E-state index contributed by atoms with van der Waals surface area (Å²) in [6.45, 7) is 4.05. The molecule has 1 rings (SSSR count). The minimum atomic E-state index is -1.11. The van der Waals surface area contributed by atoms with E-state index in [-0.39, 0.29) is 25.5 Å². The van der Waals surface area contributed by atoms with Crippen molar-refractivity contribution in [2.45, 2.75) is 32.4 Å². The molecule has 0 unspecified atom stereocenters. The maximum absolute atomic E-state index is 11.5. The molecule has 0 aromatic heterocycles. The van der Waals surface area contributed by atoms with Gasteiger partial charge in [0.2, 0.25) is 0 Å². The van der Waals surface area contributed by atoms with E-state index >= 15 is 0 Å². The molecule has 0 spiro atoms. The number of rotatable bonds is 3. The van der Waals surface area contributed by atoms with Crippen LogP contribution in [-0.4, -0.2) is 52.5 Å². The Kier molecular flexibility index (Phi) is 4.12. The van der Waals surface area contributed by atoms with Crippen molar-refractivity contribution < 1.29 is 24.5 Å². The third kappa shape index (κ3) is 3.10. The average molecular weight is 231 g/mol. The van der Waals surface area contributed by atoms with E-state index in [0.29, 0.717) is 0 Å². The normalized spacial score (nSPS) is 24.9. The fourth-order valence-electron chi connectivity index (χ4n) is 1.57. The molecule has 1 fully saturated rings. The zero-order chi connectivity index (χ0) is 12.3. The maximum atomic E-state index is 11.5. The summed E-state index contributed by atoms with van der Waals surface area (Å²) in [6.07, 6.45) is -1.39. The first-order chi connectivity index (χ1) is 7.41. The lowest BCUT2D eigenvalue weighted by Gasteiger charge is -2.21. The number of nitrogens with zero attached hydrogens (tertiary/aromatic N) is 1. The van der Waals surface area contributed by atoms with Crippen LogP contribution in [0.4, 0.5) is 4.79 Å². The van der Waals surface area contributed by atoms with E-state index < -0.39 is 24.2 Å². The number of aliphatic hydroxyl groups excluding tert-OH is 1. The molecule has 6 heteroatoms.